The van der Waals surface area contributed by atoms with Crippen LogP contribution in [0.2, 0.25) is 0 Å². The number of anilines is 1. The van der Waals surface area contributed by atoms with Crippen molar-refractivity contribution in [3.8, 4) is 6.07 Å². The van der Waals surface area contributed by atoms with Gasteiger partial charge in [-0.1, -0.05) is 12.1 Å². The predicted octanol–water partition coefficient (Wildman–Crippen LogP) is 2.72. The number of rotatable bonds is 5. The predicted molar refractivity (Wildman–Crippen MR) is 96.3 cm³/mol. The van der Waals surface area contributed by atoms with Gasteiger partial charge in [-0.05, 0) is 43.3 Å². The minimum atomic E-state index is -0.176. The van der Waals surface area contributed by atoms with Crippen LogP contribution in [0.25, 0.3) is 11.0 Å². The highest BCUT2D eigenvalue weighted by atomic mass is 16.2. The summed E-state index contributed by atoms with van der Waals surface area (Å²) >= 11 is 0. The number of amides is 1. The third-order valence-corrected chi connectivity index (χ3v) is 4.10. The van der Waals surface area contributed by atoms with Crippen molar-refractivity contribution in [2.75, 3.05) is 5.32 Å². The first kappa shape index (κ1) is 16.5. The van der Waals surface area contributed by atoms with Crippen molar-refractivity contribution in [1.29, 1.82) is 5.26 Å². The number of para-hydroxylation sites is 2. The van der Waals surface area contributed by atoms with Crippen molar-refractivity contribution in [3.05, 3.63) is 64.6 Å². The molecule has 0 aliphatic rings. The average Bonchev–Trinajstić information content (AvgIpc) is 2.91. The molecule has 1 aromatic heterocycles. The van der Waals surface area contributed by atoms with Gasteiger partial charge in [0.1, 0.15) is 0 Å². The Morgan fingerprint density at radius 2 is 1.72 bits per heavy atom. The SMILES string of the molecule is CCn1c(=O)n(CCC(=O)Nc2ccc(C#N)cc2)c2ccccc21. The minimum absolute atomic E-state index is 0.102. The first-order valence-electron chi connectivity index (χ1n) is 8.12. The second-order valence-electron chi connectivity index (χ2n) is 5.65. The Kier molecular flexibility index (Phi) is 4.66. The molecule has 0 unspecified atom stereocenters. The summed E-state index contributed by atoms with van der Waals surface area (Å²) in [7, 11) is 0. The molecule has 0 fully saturated rings. The largest absolute Gasteiger partial charge is 0.329 e. The summed E-state index contributed by atoms with van der Waals surface area (Å²) < 4.78 is 3.34. The second kappa shape index (κ2) is 7.05. The fraction of sp³-hybridized carbons (Fsp3) is 0.211. The lowest BCUT2D eigenvalue weighted by Crippen LogP contribution is -2.25. The number of imidazole rings is 1. The van der Waals surface area contributed by atoms with E-state index in [2.05, 4.69) is 5.32 Å². The van der Waals surface area contributed by atoms with Gasteiger partial charge in [-0.2, -0.15) is 5.26 Å². The Balaban J connectivity index is 1.74. The number of fused-ring (bicyclic) bond motifs is 1. The molecule has 3 rings (SSSR count). The van der Waals surface area contributed by atoms with Crippen LogP contribution in [0.4, 0.5) is 5.69 Å². The van der Waals surface area contributed by atoms with Crippen LogP contribution in [0.3, 0.4) is 0 Å². The molecule has 3 aromatic rings. The van der Waals surface area contributed by atoms with E-state index in [0.29, 0.717) is 24.3 Å². The van der Waals surface area contributed by atoms with Crippen LogP contribution in [0.1, 0.15) is 18.9 Å². The highest BCUT2D eigenvalue weighted by molar-refractivity contribution is 5.90. The quantitative estimate of drug-likeness (QED) is 0.779. The van der Waals surface area contributed by atoms with Crippen LogP contribution < -0.4 is 11.0 Å². The van der Waals surface area contributed by atoms with Crippen molar-refractivity contribution in [3.63, 3.8) is 0 Å². The van der Waals surface area contributed by atoms with Gasteiger partial charge in [0.05, 0.1) is 22.7 Å². The van der Waals surface area contributed by atoms with E-state index >= 15 is 0 Å². The van der Waals surface area contributed by atoms with Crippen molar-refractivity contribution in [1.82, 2.24) is 9.13 Å². The molecular weight excluding hydrogens is 316 g/mol. The molecule has 25 heavy (non-hydrogen) atoms. The zero-order valence-corrected chi connectivity index (χ0v) is 13.9. The molecule has 0 aliphatic carbocycles. The summed E-state index contributed by atoms with van der Waals surface area (Å²) in [5.74, 6) is -0.176. The highest BCUT2D eigenvalue weighted by Gasteiger charge is 2.12. The molecule has 1 N–H and O–H groups in total. The Morgan fingerprint density at radius 1 is 1.08 bits per heavy atom. The number of aromatic nitrogens is 2. The van der Waals surface area contributed by atoms with Crippen LogP contribution in [-0.4, -0.2) is 15.0 Å². The highest BCUT2D eigenvalue weighted by Crippen LogP contribution is 2.14. The normalized spacial score (nSPS) is 10.6. The van der Waals surface area contributed by atoms with Crippen LogP contribution in [0, 0.1) is 11.3 Å². The Morgan fingerprint density at radius 3 is 2.32 bits per heavy atom. The monoisotopic (exact) mass is 334 g/mol. The molecule has 0 saturated heterocycles. The van der Waals surface area contributed by atoms with Crippen molar-refractivity contribution in [2.45, 2.75) is 26.4 Å². The van der Waals surface area contributed by atoms with Gasteiger partial charge < -0.3 is 5.32 Å². The van der Waals surface area contributed by atoms with E-state index in [-0.39, 0.29) is 18.0 Å². The fourth-order valence-electron chi connectivity index (χ4n) is 2.86. The number of nitriles is 1. The molecule has 6 heteroatoms. The lowest BCUT2D eigenvalue weighted by atomic mass is 10.2. The molecule has 0 spiro atoms. The number of hydrogen-bond acceptors (Lipinski definition) is 3. The summed E-state index contributed by atoms with van der Waals surface area (Å²) in [5, 5.41) is 11.6. The van der Waals surface area contributed by atoms with Crippen molar-refractivity contribution < 1.29 is 4.79 Å². The molecule has 0 bridgehead atoms. The summed E-state index contributed by atoms with van der Waals surface area (Å²) in [5.41, 5.74) is 2.78. The first-order valence-corrected chi connectivity index (χ1v) is 8.12. The number of nitrogens with one attached hydrogen (secondary N) is 1. The van der Waals surface area contributed by atoms with Gasteiger partial charge in [0, 0.05) is 25.2 Å². The third-order valence-electron chi connectivity index (χ3n) is 4.10. The third kappa shape index (κ3) is 3.31. The number of hydrogen-bond donors (Lipinski definition) is 1. The van der Waals surface area contributed by atoms with Crippen molar-refractivity contribution >= 4 is 22.6 Å². The van der Waals surface area contributed by atoms with E-state index in [4.69, 9.17) is 5.26 Å². The van der Waals surface area contributed by atoms with Gasteiger partial charge >= 0.3 is 5.69 Å². The molecule has 126 valence electrons. The topological polar surface area (TPSA) is 79.8 Å². The maximum absolute atomic E-state index is 12.5. The van der Waals surface area contributed by atoms with Gasteiger partial charge in [-0.25, -0.2) is 4.79 Å². The molecule has 1 heterocycles. The van der Waals surface area contributed by atoms with Gasteiger partial charge in [0.15, 0.2) is 0 Å². The molecule has 0 saturated carbocycles. The maximum atomic E-state index is 12.5. The van der Waals surface area contributed by atoms with E-state index in [1.165, 1.54) is 0 Å². The fourth-order valence-corrected chi connectivity index (χ4v) is 2.86. The van der Waals surface area contributed by atoms with E-state index < -0.39 is 0 Å². The van der Waals surface area contributed by atoms with Gasteiger partial charge in [-0.3, -0.25) is 13.9 Å². The molecule has 2 aromatic carbocycles. The molecule has 0 atom stereocenters. The zero-order chi connectivity index (χ0) is 17.8. The Hall–Kier alpha value is -3.33. The van der Waals surface area contributed by atoms with E-state index in [9.17, 15) is 9.59 Å². The zero-order valence-electron chi connectivity index (χ0n) is 13.9. The molecular formula is C19H18N4O2. The number of aryl methyl sites for hydroxylation is 2. The number of carbonyl (C=O) groups is 1. The van der Waals surface area contributed by atoms with E-state index in [1.54, 1.807) is 33.4 Å². The standard InChI is InChI=1S/C19H18N4O2/c1-2-22-16-5-3-4-6-17(16)23(19(22)25)12-11-18(24)21-15-9-7-14(13-20)8-10-15/h3-10H,2,11-12H2,1H3,(H,21,24). The van der Waals surface area contributed by atoms with Crippen molar-refractivity contribution in [2.24, 2.45) is 0 Å². The van der Waals surface area contributed by atoms with Crippen LogP contribution in [0.5, 0.6) is 0 Å². The smallest absolute Gasteiger partial charge is 0.326 e. The lowest BCUT2D eigenvalue weighted by molar-refractivity contribution is -0.116. The molecule has 6 nitrogen and oxygen atoms in total. The summed E-state index contributed by atoms with van der Waals surface area (Å²) in [6.45, 7) is 2.83. The molecule has 0 radical (unpaired) electrons. The van der Waals surface area contributed by atoms with Gasteiger partial charge in [-0.15, -0.1) is 0 Å². The Bertz CT molecular complexity index is 1010. The minimum Gasteiger partial charge on any atom is -0.326 e. The Labute approximate surface area is 144 Å². The van der Waals surface area contributed by atoms with E-state index in [1.807, 2.05) is 37.3 Å². The van der Waals surface area contributed by atoms with Crippen LogP contribution >= 0.6 is 0 Å². The van der Waals surface area contributed by atoms with Gasteiger partial charge in [0.2, 0.25) is 5.91 Å². The number of nitrogens with zero attached hydrogens (tertiary/aromatic N) is 3. The lowest BCUT2D eigenvalue weighted by Gasteiger charge is -2.06. The molecule has 1 amide bonds. The second-order valence-corrected chi connectivity index (χ2v) is 5.65. The summed E-state index contributed by atoms with van der Waals surface area (Å²) in [4.78, 5) is 24.7. The van der Waals surface area contributed by atoms with E-state index in [0.717, 1.165) is 11.0 Å². The number of carbonyl (C=O) groups excluding carboxylic acids is 1. The van der Waals surface area contributed by atoms with Crippen LogP contribution in [-0.2, 0) is 17.9 Å². The molecule has 0 aliphatic heterocycles. The first-order chi connectivity index (χ1) is 12.1. The van der Waals surface area contributed by atoms with Gasteiger partial charge in [0.25, 0.3) is 0 Å². The number of benzene rings is 2. The summed E-state index contributed by atoms with van der Waals surface area (Å²) in [6, 6.07) is 16.3. The maximum Gasteiger partial charge on any atom is 0.329 e. The summed E-state index contributed by atoms with van der Waals surface area (Å²) in [6.07, 6.45) is 0.192. The van der Waals surface area contributed by atoms with Crippen LogP contribution in [0.15, 0.2) is 53.3 Å². The average molecular weight is 334 g/mol.